The van der Waals surface area contributed by atoms with Gasteiger partial charge in [0.2, 0.25) is 15.9 Å². The third-order valence-corrected chi connectivity index (χ3v) is 8.49. The summed E-state index contributed by atoms with van der Waals surface area (Å²) in [6, 6.07) is -0.548. The maximum atomic E-state index is 13.1. The first-order valence-electron chi connectivity index (χ1n) is 9.70. The van der Waals surface area contributed by atoms with E-state index in [9.17, 15) is 18.0 Å². The fourth-order valence-electron chi connectivity index (χ4n) is 4.43. The zero-order valence-corrected chi connectivity index (χ0v) is 16.6. The minimum absolute atomic E-state index is 0.200. The Bertz CT molecular complexity index is 732. The zero-order valence-electron chi connectivity index (χ0n) is 15.8. The average Bonchev–Trinajstić information content (AvgIpc) is 3.12. The van der Waals surface area contributed by atoms with Gasteiger partial charge in [0.15, 0.2) is 0 Å². The number of rotatable bonds is 5. The van der Waals surface area contributed by atoms with E-state index in [1.54, 1.807) is 11.9 Å². The molecule has 27 heavy (non-hydrogen) atoms. The van der Waals surface area contributed by atoms with Gasteiger partial charge in [-0.2, -0.15) is 0 Å². The fraction of sp³-hybridized carbons (Fsp3) is 0.882. The van der Waals surface area contributed by atoms with Gasteiger partial charge < -0.3 is 4.90 Å². The number of hydrogen-bond acceptors (Lipinski definition) is 6. The van der Waals surface area contributed by atoms with Crippen LogP contribution in [0.25, 0.3) is 0 Å². The summed E-state index contributed by atoms with van der Waals surface area (Å²) in [6.45, 7) is 2.80. The Labute approximate surface area is 159 Å². The number of hydrogen-bond donors (Lipinski definition) is 2. The van der Waals surface area contributed by atoms with E-state index in [2.05, 4.69) is 10.2 Å². The second-order valence-corrected chi connectivity index (χ2v) is 10.5. The van der Waals surface area contributed by atoms with Crippen LogP contribution in [0.3, 0.4) is 0 Å². The number of hydroxylamine groups is 1. The highest BCUT2D eigenvalue weighted by molar-refractivity contribution is 7.90. The summed E-state index contributed by atoms with van der Waals surface area (Å²) in [5.41, 5.74) is 2.44. The lowest BCUT2D eigenvalue weighted by Gasteiger charge is -2.47. The summed E-state index contributed by atoms with van der Waals surface area (Å²) in [5, 5.41) is -0.590. The van der Waals surface area contributed by atoms with Crippen molar-refractivity contribution >= 4 is 22.0 Å². The molecule has 4 aliphatic rings. The van der Waals surface area contributed by atoms with E-state index in [-0.39, 0.29) is 42.6 Å². The van der Waals surface area contributed by atoms with E-state index >= 15 is 0 Å². The fourth-order valence-corrected chi connectivity index (χ4v) is 6.39. The van der Waals surface area contributed by atoms with E-state index < -0.39 is 21.2 Å². The Morgan fingerprint density at radius 3 is 2.63 bits per heavy atom. The van der Waals surface area contributed by atoms with Gasteiger partial charge in [-0.25, -0.2) is 23.4 Å². The van der Waals surface area contributed by atoms with E-state index in [1.807, 2.05) is 6.92 Å². The maximum Gasteiger partial charge on any atom is 0.326 e. The largest absolute Gasteiger partial charge is 0.326 e. The molecule has 4 rings (SSSR count). The number of urea groups is 1. The smallest absolute Gasteiger partial charge is 0.324 e. The molecule has 2 saturated carbocycles. The molecule has 10 heteroatoms. The van der Waals surface area contributed by atoms with Crippen molar-refractivity contribution in [2.75, 3.05) is 20.1 Å². The van der Waals surface area contributed by atoms with Gasteiger partial charge in [-0.3, -0.25) is 14.5 Å². The van der Waals surface area contributed by atoms with Gasteiger partial charge in [-0.05, 0) is 45.4 Å². The van der Waals surface area contributed by atoms with Crippen molar-refractivity contribution in [1.29, 1.82) is 0 Å². The van der Waals surface area contributed by atoms with Crippen LogP contribution in [0, 0.1) is 5.92 Å². The van der Waals surface area contributed by atoms with Gasteiger partial charge in [-0.1, -0.05) is 0 Å². The first-order valence-corrected chi connectivity index (χ1v) is 11.2. The van der Waals surface area contributed by atoms with Crippen molar-refractivity contribution in [1.82, 2.24) is 20.0 Å². The standard InChI is InChI=1S/C17H28N4O5S/c1-17(6-7-17)19-27(24,25)12-3-4-14-13(9-12)15(22)21(16(23)20(14)2)10-11-5-8-18-26-11/h11-14,18-19H,3-10H2,1-2H3. The predicted molar refractivity (Wildman–Crippen MR) is 97.0 cm³/mol. The summed E-state index contributed by atoms with van der Waals surface area (Å²) in [5.74, 6) is -0.750. The molecule has 4 fully saturated rings. The third kappa shape index (κ3) is 3.59. The molecule has 0 aromatic heterocycles. The summed E-state index contributed by atoms with van der Waals surface area (Å²) >= 11 is 0. The number of imide groups is 1. The number of fused-ring (bicyclic) bond motifs is 1. The molecule has 0 radical (unpaired) electrons. The second kappa shape index (κ2) is 6.68. The molecule has 9 nitrogen and oxygen atoms in total. The van der Waals surface area contributed by atoms with Crippen LogP contribution in [0.4, 0.5) is 4.79 Å². The lowest BCUT2D eigenvalue weighted by molar-refractivity contribution is -0.141. The minimum Gasteiger partial charge on any atom is -0.324 e. The third-order valence-electron chi connectivity index (χ3n) is 6.41. The molecule has 0 spiro atoms. The number of carbonyl (C=O) groups excluding carboxylic acids is 2. The van der Waals surface area contributed by atoms with Crippen LogP contribution in [0.5, 0.6) is 0 Å². The highest BCUT2D eigenvalue weighted by atomic mass is 32.2. The molecule has 152 valence electrons. The first kappa shape index (κ1) is 19.1. The van der Waals surface area contributed by atoms with Crippen LogP contribution < -0.4 is 10.2 Å². The van der Waals surface area contributed by atoms with Crippen LogP contribution in [-0.4, -0.2) is 73.2 Å². The maximum absolute atomic E-state index is 13.1. The number of amides is 3. The van der Waals surface area contributed by atoms with E-state index in [1.165, 1.54) is 4.90 Å². The molecule has 0 aromatic rings. The molecule has 2 aliphatic heterocycles. The van der Waals surface area contributed by atoms with Gasteiger partial charge in [0.25, 0.3) is 0 Å². The SMILES string of the molecule is CN1C(=O)N(CC2CCNO2)C(=O)C2CC(S(=O)(=O)NC3(C)CC3)CCC21. The molecule has 4 unspecified atom stereocenters. The van der Waals surface area contributed by atoms with Crippen molar-refractivity contribution in [3.8, 4) is 0 Å². The lowest BCUT2D eigenvalue weighted by Crippen LogP contribution is -2.63. The molecule has 3 amide bonds. The summed E-state index contributed by atoms with van der Waals surface area (Å²) in [6.07, 6.45) is 3.46. The number of nitrogens with one attached hydrogen (secondary N) is 2. The highest BCUT2D eigenvalue weighted by Gasteiger charge is 2.51. The van der Waals surface area contributed by atoms with Crippen LogP contribution >= 0.6 is 0 Å². The Morgan fingerprint density at radius 2 is 2.00 bits per heavy atom. The van der Waals surface area contributed by atoms with Gasteiger partial charge in [0.1, 0.15) is 0 Å². The molecular formula is C17H28N4O5S. The van der Waals surface area contributed by atoms with Crippen molar-refractivity contribution < 1.29 is 22.8 Å². The summed E-state index contributed by atoms with van der Waals surface area (Å²) < 4.78 is 28.4. The highest BCUT2D eigenvalue weighted by Crippen LogP contribution is 2.39. The number of sulfonamides is 1. The molecule has 0 aromatic carbocycles. The zero-order chi connectivity index (χ0) is 19.4. The monoisotopic (exact) mass is 400 g/mol. The normalized spacial score (nSPS) is 36.1. The Balaban J connectivity index is 1.50. The predicted octanol–water partition coefficient (Wildman–Crippen LogP) is 0.183. The van der Waals surface area contributed by atoms with Crippen LogP contribution in [0.15, 0.2) is 0 Å². The van der Waals surface area contributed by atoms with E-state index in [0.29, 0.717) is 19.4 Å². The first-order chi connectivity index (χ1) is 12.7. The van der Waals surface area contributed by atoms with Crippen molar-refractivity contribution in [2.45, 2.75) is 68.4 Å². The van der Waals surface area contributed by atoms with Crippen molar-refractivity contribution in [3.63, 3.8) is 0 Å². The van der Waals surface area contributed by atoms with E-state index in [4.69, 9.17) is 4.84 Å². The molecule has 4 atom stereocenters. The van der Waals surface area contributed by atoms with Crippen LogP contribution in [0.1, 0.15) is 45.4 Å². The van der Waals surface area contributed by atoms with Gasteiger partial charge in [0.05, 0.1) is 23.8 Å². The summed E-state index contributed by atoms with van der Waals surface area (Å²) in [4.78, 5) is 33.9. The summed E-state index contributed by atoms with van der Waals surface area (Å²) in [7, 11) is -1.78. The minimum atomic E-state index is -3.48. The van der Waals surface area contributed by atoms with Gasteiger partial charge in [-0.15, -0.1) is 0 Å². The van der Waals surface area contributed by atoms with Crippen molar-refractivity contribution in [2.24, 2.45) is 5.92 Å². The molecule has 2 heterocycles. The van der Waals surface area contributed by atoms with E-state index in [0.717, 1.165) is 19.3 Å². The molecule has 0 bridgehead atoms. The molecule has 2 aliphatic carbocycles. The van der Waals surface area contributed by atoms with Crippen LogP contribution in [0.2, 0.25) is 0 Å². The molecular weight excluding hydrogens is 372 g/mol. The molecule has 2 saturated heterocycles. The topological polar surface area (TPSA) is 108 Å². The lowest BCUT2D eigenvalue weighted by atomic mass is 9.81. The van der Waals surface area contributed by atoms with Crippen LogP contribution in [-0.2, 0) is 19.7 Å². The van der Waals surface area contributed by atoms with Gasteiger partial charge >= 0.3 is 6.03 Å². The molecule has 2 N–H and O–H groups in total. The van der Waals surface area contributed by atoms with Crippen molar-refractivity contribution in [3.05, 3.63) is 0 Å². The Kier molecular flexibility index (Phi) is 4.73. The Morgan fingerprint density at radius 1 is 1.26 bits per heavy atom. The number of carbonyl (C=O) groups is 2. The Hall–Kier alpha value is -1.23. The second-order valence-electron chi connectivity index (χ2n) is 8.58. The average molecular weight is 401 g/mol. The quantitative estimate of drug-likeness (QED) is 0.682. The van der Waals surface area contributed by atoms with Gasteiger partial charge in [0, 0.05) is 25.2 Å². The number of nitrogens with zero attached hydrogens (tertiary/aromatic N) is 2.